The summed E-state index contributed by atoms with van der Waals surface area (Å²) in [6.07, 6.45) is 1.82. The number of nitrogens with zero attached hydrogens (tertiary/aromatic N) is 1. The molecule has 1 amide bonds. The fraction of sp³-hybridized carbons (Fsp3) is 0.889. The van der Waals surface area contributed by atoms with E-state index in [-0.39, 0.29) is 17.9 Å². The molecule has 2 saturated heterocycles. The maximum absolute atomic E-state index is 11.8. The molecular formula is C9H16N2O2. The first-order chi connectivity index (χ1) is 6.27. The van der Waals surface area contributed by atoms with Gasteiger partial charge in [0.25, 0.3) is 0 Å². The van der Waals surface area contributed by atoms with Gasteiger partial charge < -0.3 is 15.4 Å². The lowest BCUT2D eigenvalue weighted by Gasteiger charge is -2.18. The van der Waals surface area contributed by atoms with Gasteiger partial charge in [-0.2, -0.15) is 0 Å². The van der Waals surface area contributed by atoms with E-state index in [1.807, 2.05) is 4.90 Å². The topological polar surface area (TPSA) is 55.6 Å². The van der Waals surface area contributed by atoms with E-state index < -0.39 is 0 Å². The Hall–Kier alpha value is -0.610. The predicted molar refractivity (Wildman–Crippen MR) is 48.1 cm³/mol. The van der Waals surface area contributed by atoms with Crippen LogP contribution in [0, 0.1) is 5.92 Å². The van der Waals surface area contributed by atoms with Crippen molar-refractivity contribution in [3.63, 3.8) is 0 Å². The molecule has 0 aromatic rings. The molecule has 2 atom stereocenters. The number of hydrogen-bond acceptors (Lipinski definition) is 3. The van der Waals surface area contributed by atoms with E-state index >= 15 is 0 Å². The Kier molecular flexibility index (Phi) is 2.51. The van der Waals surface area contributed by atoms with Crippen molar-refractivity contribution in [2.24, 2.45) is 11.7 Å². The van der Waals surface area contributed by atoms with Crippen LogP contribution in [0.15, 0.2) is 0 Å². The molecule has 2 N–H and O–H groups in total. The van der Waals surface area contributed by atoms with Gasteiger partial charge in [-0.1, -0.05) is 0 Å². The molecule has 13 heavy (non-hydrogen) atoms. The third-order valence-corrected chi connectivity index (χ3v) is 2.82. The number of amides is 1. The highest BCUT2D eigenvalue weighted by atomic mass is 16.5. The van der Waals surface area contributed by atoms with Crippen LogP contribution in [0.2, 0.25) is 0 Å². The lowest BCUT2D eigenvalue weighted by Crippen LogP contribution is -2.36. The van der Waals surface area contributed by atoms with Crippen molar-refractivity contribution in [3.05, 3.63) is 0 Å². The number of nitrogens with two attached hydrogens (primary N) is 1. The molecule has 0 spiro atoms. The fourth-order valence-corrected chi connectivity index (χ4v) is 1.97. The zero-order chi connectivity index (χ0) is 9.26. The summed E-state index contributed by atoms with van der Waals surface area (Å²) < 4.78 is 5.19. The molecule has 0 aliphatic carbocycles. The van der Waals surface area contributed by atoms with Crippen LogP contribution >= 0.6 is 0 Å². The fourth-order valence-electron chi connectivity index (χ4n) is 1.97. The van der Waals surface area contributed by atoms with Crippen LogP contribution in [0.25, 0.3) is 0 Å². The monoisotopic (exact) mass is 184 g/mol. The zero-order valence-electron chi connectivity index (χ0n) is 7.74. The molecule has 0 aromatic carbocycles. The molecule has 2 fully saturated rings. The molecule has 4 nitrogen and oxygen atoms in total. The summed E-state index contributed by atoms with van der Waals surface area (Å²) >= 11 is 0. The minimum absolute atomic E-state index is 0.102. The van der Waals surface area contributed by atoms with Crippen molar-refractivity contribution in [2.75, 3.05) is 26.3 Å². The second kappa shape index (κ2) is 3.64. The van der Waals surface area contributed by atoms with Crippen molar-refractivity contribution in [1.29, 1.82) is 0 Å². The number of carbonyl (C=O) groups excluding carboxylic acids is 1. The van der Waals surface area contributed by atoms with E-state index in [1.54, 1.807) is 0 Å². The van der Waals surface area contributed by atoms with Crippen LogP contribution in [0.3, 0.4) is 0 Å². The Morgan fingerprint density at radius 3 is 2.85 bits per heavy atom. The second-order valence-electron chi connectivity index (χ2n) is 3.89. The van der Waals surface area contributed by atoms with Crippen LogP contribution < -0.4 is 5.73 Å². The summed E-state index contributed by atoms with van der Waals surface area (Å²) in [7, 11) is 0. The summed E-state index contributed by atoms with van der Waals surface area (Å²) in [6, 6.07) is 0.186. The van der Waals surface area contributed by atoms with Crippen molar-refractivity contribution in [2.45, 2.75) is 18.9 Å². The third kappa shape index (κ3) is 1.84. The Labute approximate surface area is 78.0 Å². The van der Waals surface area contributed by atoms with E-state index in [9.17, 15) is 4.79 Å². The number of carbonyl (C=O) groups is 1. The van der Waals surface area contributed by atoms with Crippen molar-refractivity contribution in [1.82, 2.24) is 4.90 Å². The van der Waals surface area contributed by atoms with Crippen LogP contribution in [0.1, 0.15) is 12.8 Å². The van der Waals surface area contributed by atoms with E-state index in [0.717, 1.165) is 32.5 Å². The highest BCUT2D eigenvalue weighted by molar-refractivity contribution is 5.79. The molecule has 0 saturated carbocycles. The Bertz CT molecular complexity index is 202. The van der Waals surface area contributed by atoms with Crippen molar-refractivity contribution < 1.29 is 9.53 Å². The average molecular weight is 184 g/mol. The number of likely N-dealkylation sites (tertiary alicyclic amines) is 1. The Morgan fingerprint density at radius 2 is 2.31 bits per heavy atom. The molecule has 0 radical (unpaired) electrons. The summed E-state index contributed by atoms with van der Waals surface area (Å²) in [5, 5.41) is 0. The number of ether oxygens (including phenoxy) is 1. The largest absolute Gasteiger partial charge is 0.381 e. The van der Waals surface area contributed by atoms with Gasteiger partial charge in [-0.05, 0) is 12.8 Å². The van der Waals surface area contributed by atoms with Gasteiger partial charge in [0.1, 0.15) is 0 Å². The van der Waals surface area contributed by atoms with Gasteiger partial charge in [0.05, 0.1) is 12.5 Å². The quantitative estimate of drug-likeness (QED) is 0.602. The van der Waals surface area contributed by atoms with Crippen LogP contribution in [-0.4, -0.2) is 43.2 Å². The zero-order valence-corrected chi connectivity index (χ0v) is 7.74. The molecule has 2 aliphatic rings. The highest BCUT2D eigenvalue weighted by Gasteiger charge is 2.31. The van der Waals surface area contributed by atoms with Gasteiger partial charge in [0.2, 0.25) is 5.91 Å². The summed E-state index contributed by atoms with van der Waals surface area (Å²) in [6.45, 7) is 2.90. The maximum Gasteiger partial charge on any atom is 0.228 e. The average Bonchev–Trinajstić information content (AvgIpc) is 2.72. The van der Waals surface area contributed by atoms with E-state index in [4.69, 9.17) is 10.5 Å². The van der Waals surface area contributed by atoms with Gasteiger partial charge in [-0.3, -0.25) is 4.79 Å². The van der Waals surface area contributed by atoms with E-state index in [1.165, 1.54) is 0 Å². The van der Waals surface area contributed by atoms with Gasteiger partial charge in [-0.25, -0.2) is 0 Å². The molecule has 2 aliphatic heterocycles. The lowest BCUT2D eigenvalue weighted by atomic mass is 10.1. The second-order valence-corrected chi connectivity index (χ2v) is 3.89. The van der Waals surface area contributed by atoms with Crippen LogP contribution in [0.4, 0.5) is 0 Å². The Balaban J connectivity index is 1.89. The molecule has 2 heterocycles. The standard InChI is InChI=1S/C9H16N2O2/c10-8-1-3-11(5-8)9(12)7-2-4-13-6-7/h7-8H,1-6,10H2/t7?,8-/m1/s1. The van der Waals surface area contributed by atoms with Crippen molar-refractivity contribution >= 4 is 5.91 Å². The maximum atomic E-state index is 11.8. The lowest BCUT2D eigenvalue weighted by molar-refractivity contribution is -0.134. The molecular weight excluding hydrogens is 168 g/mol. The molecule has 0 aromatic heterocycles. The van der Waals surface area contributed by atoms with Crippen molar-refractivity contribution in [3.8, 4) is 0 Å². The normalized spacial score (nSPS) is 34.1. The first-order valence-electron chi connectivity index (χ1n) is 4.89. The summed E-state index contributed by atoms with van der Waals surface area (Å²) in [4.78, 5) is 13.7. The molecule has 74 valence electrons. The number of hydrogen-bond donors (Lipinski definition) is 1. The van der Waals surface area contributed by atoms with E-state index in [0.29, 0.717) is 6.61 Å². The predicted octanol–water partition coefficient (Wildman–Crippen LogP) is -0.418. The Morgan fingerprint density at radius 1 is 1.46 bits per heavy atom. The smallest absolute Gasteiger partial charge is 0.228 e. The molecule has 0 bridgehead atoms. The molecule has 1 unspecified atom stereocenters. The highest BCUT2D eigenvalue weighted by Crippen LogP contribution is 2.18. The molecule has 4 heteroatoms. The van der Waals surface area contributed by atoms with Gasteiger partial charge in [-0.15, -0.1) is 0 Å². The molecule has 2 rings (SSSR count). The minimum atomic E-state index is 0.102. The summed E-state index contributed by atoms with van der Waals surface area (Å²) in [5.74, 6) is 0.343. The van der Waals surface area contributed by atoms with E-state index in [2.05, 4.69) is 0 Å². The SMILES string of the molecule is N[C@@H]1CCN(C(=O)C2CCOC2)C1. The number of rotatable bonds is 1. The van der Waals surface area contributed by atoms with Crippen LogP contribution in [-0.2, 0) is 9.53 Å². The minimum Gasteiger partial charge on any atom is -0.381 e. The van der Waals surface area contributed by atoms with Gasteiger partial charge in [0.15, 0.2) is 0 Å². The van der Waals surface area contributed by atoms with Gasteiger partial charge in [0, 0.05) is 25.7 Å². The van der Waals surface area contributed by atoms with Crippen LogP contribution in [0.5, 0.6) is 0 Å². The first-order valence-corrected chi connectivity index (χ1v) is 4.89. The third-order valence-electron chi connectivity index (χ3n) is 2.82. The first kappa shape index (κ1) is 8.97. The van der Waals surface area contributed by atoms with Gasteiger partial charge >= 0.3 is 0 Å². The summed E-state index contributed by atoms with van der Waals surface area (Å²) in [5.41, 5.74) is 5.74.